The average molecular weight is 663 g/mol. The quantitative estimate of drug-likeness (QED) is 0.185. The van der Waals surface area contributed by atoms with Crippen molar-refractivity contribution in [1.29, 1.82) is 0 Å². The highest BCUT2D eigenvalue weighted by atomic mass is 127. The Kier molecular flexibility index (Phi) is 6.42. The maximum absolute atomic E-state index is 5.20. The van der Waals surface area contributed by atoms with E-state index >= 15 is 0 Å². The molecule has 42 heavy (non-hydrogen) atoms. The maximum Gasteiger partial charge on any atom is 0.0487 e. The molecule has 0 saturated heterocycles. The predicted octanol–water partition coefficient (Wildman–Crippen LogP) is 9.60. The summed E-state index contributed by atoms with van der Waals surface area (Å²) >= 11 is 2.36. The zero-order valence-corrected chi connectivity index (χ0v) is 26.9. The Morgan fingerprint density at radius 1 is 0.595 bits per heavy atom. The standard InChI is InChI=1S/C37H35IN4/c1-22-6-8-23(9-7-22)30-16-26-14-28-20-37(4,5)35(42-28)19-33-31(24-10-12-25(38)13-11-24)17-27(40-33)15-29-21-36(2,3)34(41-29)18-32(30)39-26/h6-19,39-40H,20-21H2,1-5H3. The lowest BCUT2D eigenvalue weighted by Crippen LogP contribution is -2.15. The molecule has 8 bridgehead atoms. The third-order valence-electron chi connectivity index (χ3n) is 8.62. The molecule has 2 aliphatic heterocycles. The summed E-state index contributed by atoms with van der Waals surface area (Å²) in [4.78, 5) is 17.8. The lowest BCUT2D eigenvalue weighted by Gasteiger charge is -2.16. The van der Waals surface area contributed by atoms with Gasteiger partial charge in [-0.15, -0.1) is 0 Å². The van der Waals surface area contributed by atoms with Crippen molar-refractivity contribution in [3.8, 4) is 22.3 Å². The Balaban J connectivity index is 1.55. The second kappa shape index (κ2) is 9.94. The van der Waals surface area contributed by atoms with E-state index in [2.05, 4.69) is 152 Å². The molecule has 0 spiro atoms. The van der Waals surface area contributed by atoms with Gasteiger partial charge in [0, 0.05) is 83.2 Å². The summed E-state index contributed by atoms with van der Waals surface area (Å²) < 4.78 is 1.23. The molecule has 0 amide bonds. The van der Waals surface area contributed by atoms with Crippen LogP contribution in [0.1, 0.15) is 56.0 Å². The van der Waals surface area contributed by atoms with Crippen LogP contribution in [-0.2, 0) is 23.7 Å². The summed E-state index contributed by atoms with van der Waals surface area (Å²) in [5.74, 6) is 0. The van der Waals surface area contributed by atoms with Crippen LogP contribution in [0.25, 0.3) is 44.3 Å². The minimum absolute atomic E-state index is 0.0805. The first-order valence-electron chi connectivity index (χ1n) is 14.6. The first-order valence-corrected chi connectivity index (χ1v) is 15.7. The largest absolute Gasteiger partial charge is 0.355 e. The normalized spacial score (nSPS) is 15.6. The summed E-state index contributed by atoms with van der Waals surface area (Å²) in [6, 6.07) is 31.0. The highest BCUT2D eigenvalue weighted by Gasteiger charge is 2.30. The van der Waals surface area contributed by atoms with E-state index in [0.29, 0.717) is 0 Å². The monoisotopic (exact) mass is 662 g/mol. The van der Waals surface area contributed by atoms with Crippen LogP contribution in [0, 0.1) is 10.5 Å². The average Bonchev–Trinajstić information content (AvgIpc) is 3.65. The molecule has 4 nitrogen and oxygen atoms in total. The van der Waals surface area contributed by atoms with E-state index in [0.717, 1.165) is 57.7 Å². The van der Waals surface area contributed by atoms with E-state index in [1.807, 2.05) is 0 Å². The molecule has 0 unspecified atom stereocenters. The van der Waals surface area contributed by atoms with Crippen molar-refractivity contribution in [2.75, 3.05) is 0 Å². The second-order valence-electron chi connectivity index (χ2n) is 13.2. The van der Waals surface area contributed by atoms with Crippen molar-refractivity contribution in [3.63, 3.8) is 0 Å². The van der Waals surface area contributed by atoms with E-state index < -0.39 is 0 Å². The van der Waals surface area contributed by atoms with E-state index in [9.17, 15) is 0 Å². The van der Waals surface area contributed by atoms with Gasteiger partial charge in [0.1, 0.15) is 0 Å². The van der Waals surface area contributed by atoms with E-state index in [-0.39, 0.29) is 10.8 Å². The van der Waals surface area contributed by atoms with Crippen LogP contribution >= 0.6 is 22.6 Å². The van der Waals surface area contributed by atoms with Gasteiger partial charge in [-0.3, -0.25) is 9.97 Å². The SMILES string of the molecule is Cc1ccc(-c2cc3cc4nc(cc5[nH]c(cc6nc(cc2[nH]3)C(C)(C)C6)cc5-c2ccc(I)cc2)C(C)(C)C4)cc1. The third kappa shape index (κ3) is 5.08. The van der Waals surface area contributed by atoms with Crippen LogP contribution in [0.5, 0.6) is 0 Å². The molecule has 2 N–H and O–H groups in total. The summed E-state index contributed by atoms with van der Waals surface area (Å²) in [5.41, 5.74) is 14.5. The molecule has 0 radical (unpaired) electrons. The zero-order chi connectivity index (χ0) is 29.2. The first kappa shape index (κ1) is 27.1. The molecule has 0 atom stereocenters. The number of rotatable bonds is 2. The van der Waals surface area contributed by atoms with E-state index in [4.69, 9.17) is 9.97 Å². The van der Waals surface area contributed by atoms with Gasteiger partial charge in [-0.1, -0.05) is 69.7 Å². The van der Waals surface area contributed by atoms with Gasteiger partial charge in [0.05, 0.1) is 0 Å². The van der Waals surface area contributed by atoms with Crippen LogP contribution in [0.3, 0.4) is 0 Å². The highest BCUT2D eigenvalue weighted by Crippen LogP contribution is 2.36. The van der Waals surface area contributed by atoms with Crippen molar-refractivity contribution in [1.82, 2.24) is 19.9 Å². The molecular formula is C37H35IN4. The summed E-state index contributed by atoms with van der Waals surface area (Å²) in [5, 5.41) is 0. The molecule has 0 saturated carbocycles. The number of fused-ring (bicyclic) bond motifs is 8. The summed E-state index contributed by atoms with van der Waals surface area (Å²) in [6.07, 6.45) is 1.76. The van der Waals surface area contributed by atoms with Gasteiger partial charge in [0.15, 0.2) is 0 Å². The first-order chi connectivity index (χ1) is 20.0. The number of halogens is 1. The minimum Gasteiger partial charge on any atom is -0.355 e. The van der Waals surface area contributed by atoms with Gasteiger partial charge in [-0.05, 0) is 89.2 Å². The number of nitrogens with one attached hydrogen (secondary N) is 2. The molecule has 5 aromatic rings. The fourth-order valence-electron chi connectivity index (χ4n) is 6.24. The molecule has 5 heteroatoms. The Morgan fingerprint density at radius 2 is 1.02 bits per heavy atom. The van der Waals surface area contributed by atoms with Crippen LogP contribution < -0.4 is 0 Å². The number of nitrogens with zero attached hydrogens (tertiary/aromatic N) is 2. The molecule has 2 aliphatic rings. The van der Waals surface area contributed by atoms with Gasteiger partial charge in [-0.25, -0.2) is 0 Å². The smallest absolute Gasteiger partial charge is 0.0487 e. The van der Waals surface area contributed by atoms with Crippen molar-refractivity contribution < 1.29 is 0 Å². The van der Waals surface area contributed by atoms with Crippen molar-refractivity contribution in [2.45, 2.75) is 58.3 Å². The predicted molar refractivity (Wildman–Crippen MR) is 183 cm³/mol. The Hall–Kier alpha value is -3.71. The second-order valence-corrected chi connectivity index (χ2v) is 14.4. The van der Waals surface area contributed by atoms with Crippen LogP contribution in [0.15, 0.2) is 84.9 Å². The fourth-order valence-corrected chi connectivity index (χ4v) is 6.60. The van der Waals surface area contributed by atoms with E-state index in [1.165, 1.54) is 31.4 Å². The molecule has 0 fully saturated rings. The van der Waals surface area contributed by atoms with Gasteiger partial charge >= 0.3 is 0 Å². The molecule has 210 valence electrons. The number of hydrogen-bond donors (Lipinski definition) is 2. The lowest BCUT2D eigenvalue weighted by molar-refractivity contribution is 0.543. The fraction of sp³-hybridized carbons (Fsp3) is 0.243. The number of hydrogen-bond acceptors (Lipinski definition) is 2. The number of aryl methyl sites for hydroxylation is 1. The topological polar surface area (TPSA) is 57.4 Å². The van der Waals surface area contributed by atoms with Crippen LogP contribution in [0.2, 0.25) is 0 Å². The van der Waals surface area contributed by atoms with Crippen LogP contribution in [0.4, 0.5) is 0 Å². The highest BCUT2D eigenvalue weighted by molar-refractivity contribution is 14.1. The minimum atomic E-state index is -0.0809. The third-order valence-corrected chi connectivity index (χ3v) is 9.34. The number of benzene rings is 2. The number of H-pyrrole nitrogens is 2. The van der Waals surface area contributed by atoms with Crippen LogP contribution in [-0.4, -0.2) is 19.9 Å². The molecular weight excluding hydrogens is 627 g/mol. The molecule has 2 aromatic carbocycles. The van der Waals surface area contributed by atoms with Gasteiger partial charge < -0.3 is 9.97 Å². The molecule has 7 rings (SSSR count). The Labute approximate surface area is 260 Å². The molecule has 0 aliphatic carbocycles. The Morgan fingerprint density at radius 3 is 1.48 bits per heavy atom. The number of aromatic amines is 2. The lowest BCUT2D eigenvalue weighted by atomic mass is 9.86. The molecule has 3 aromatic heterocycles. The Bertz CT molecular complexity index is 1840. The zero-order valence-electron chi connectivity index (χ0n) is 24.8. The van der Waals surface area contributed by atoms with Gasteiger partial charge in [0.2, 0.25) is 0 Å². The summed E-state index contributed by atoms with van der Waals surface area (Å²) in [6.45, 7) is 11.3. The van der Waals surface area contributed by atoms with Gasteiger partial charge in [0.25, 0.3) is 0 Å². The van der Waals surface area contributed by atoms with Gasteiger partial charge in [-0.2, -0.15) is 0 Å². The molecule has 5 heterocycles. The summed E-state index contributed by atoms with van der Waals surface area (Å²) in [7, 11) is 0. The van der Waals surface area contributed by atoms with Crippen molar-refractivity contribution in [3.05, 3.63) is 117 Å². The van der Waals surface area contributed by atoms with Crippen molar-refractivity contribution in [2.24, 2.45) is 0 Å². The van der Waals surface area contributed by atoms with E-state index in [1.54, 1.807) is 0 Å². The van der Waals surface area contributed by atoms with Crippen molar-refractivity contribution >= 4 is 44.7 Å². The maximum atomic E-state index is 5.20. The number of aromatic nitrogens is 4.